The van der Waals surface area contributed by atoms with Gasteiger partial charge >= 0.3 is 5.97 Å². The molecule has 0 aliphatic carbocycles. The summed E-state index contributed by atoms with van der Waals surface area (Å²) < 4.78 is 9.47. The number of alkyl halides is 2. The molecule has 0 rings (SSSR count). The Morgan fingerprint density at radius 1 is 1.40 bits per heavy atom. The number of halogens is 2. The summed E-state index contributed by atoms with van der Waals surface area (Å²) in [5, 5.41) is 0.465. The normalized spacial score (nSPS) is 14.2. The third-order valence-corrected chi connectivity index (χ3v) is 4.15. The van der Waals surface area contributed by atoms with E-state index in [2.05, 4.69) is 20.7 Å². The number of Topliss-reactive ketones (excluding diaryl/α,β-unsaturated/α-hetero) is 1. The number of carbonyl (C=O) groups excluding carboxylic acids is 2. The van der Waals surface area contributed by atoms with Crippen molar-refractivity contribution in [3.8, 4) is 0 Å². The molecule has 0 spiro atoms. The van der Waals surface area contributed by atoms with Gasteiger partial charge in [0.25, 0.3) is 0 Å². The van der Waals surface area contributed by atoms with Gasteiger partial charge < -0.3 is 9.47 Å². The van der Waals surface area contributed by atoms with Crippen molar-refractivity contribution in [3.63, 3.8) is 0 Å². The SMILES string of the molecule is CCC(C)(Cl)C(=S)OC.CCOC(=O)C(Br)CC(C)=O. The molecule has 0 heterocycles. The zero-order valence-corrected chi connectivity index (χ0v) is 15.7. The maximum Gasteiger partial charge on any atom is 0.320 e. The average Bonchev–Trinajstić information content (AvgIpc) is 2.37. The zero-order chi connectivity index (χ0) is 16.3. The molecule has 0 fully saturated rings. The number of carbonyl (C=O) groups is 2. The molecule has 7 heteroatoms. The Hall–Kier alpha value is -0.200. The summed E-state index contributed by atoms with van der Waals surface area (Å²) in [6.07, 6.45) is 0.986. The Balaban J connectivity index is 0. The lowest BCUT2D eigenvalue weighted by Crippen LogP contribution is -2.27. The van der Waals surface area contributed by atoms with E-state index in [1.165, 1.54) is 6.92 Å². The highest BCUT2D eigenvalue weighted by atomic mass is 79.9. The van der Waals surface area contributed by atoms with Gasteiger partial charge in [-0.05, 0) is 39.4 Å². The standard InChI is InChI=1S/C7H11BrO3.C6H11ClOS/c1-3-11-7(10)6(8)4-5(2)9;1-4-6(2,7)5(9)8-3/h6H,3-4H2,1-2H3;4H2,1-3H3. The van der Waals surface area contributed by atoms with Crippen LogP contribution in [0, 0.1) is 0 Å². The van der Waals surface area contributed by atoms with E-state index < -0.39 is 9.70 Å². The van der Waals surface area contributed by atoms with Crippen LogP contribution in [0.1, 0.15) is 40.5 Å². The minimum atomic E-state index is -0.486. The van der Waals surface area contributed by atoms with Gasteiger partial charge in [-0.15, -0.1) is 11.6 Å². The fourth-order valence-corrected chi connectivity index (χ4v) is 1.74. The highest BCUT2D eigenvalue weighted by Gasteiger charge is 2.24. The van der Waals surface area contributed by atoms with Gasteiger partial charge in [0, 0.05) is 6.42 Å². The Labute approximate surface area is 139 Å². The topological polar surface area (TPSA) is 52.6 Å². The van der Waals surface area contributed by atoms with Crippen LogP contribution in [0.4, 0.5) is 0 Å². The minimum Gasteiger partial charge on any atom is -0.488 e. The van der Waals surface area contributed by atoms with Crippen LogP contribution in [0.25, 0.3) is 0 Å². The lowest BCUT2D eigenvalue weighted by molar-refractivity contribution is -0.143. The minimum absolute atomic E-state index is 0.0278. The lowest BCUT2D eigenvalue weighted by Gasteiger charge is -2.18. The van der Waals surface area contributed by atoms with E-state index in [0.29, 0.717) is 11.7 Å². The number of ether oxygens (including phenoxy) is 2. The first kappa shape index (κ1) is 22.1. The third kappa shape index (κ3) is 10.6. The maximum atomic E-state index is 10.9. The van der Waals surface area contributed by atoms with E-state index in [0.717, 1.165) is 6.42 Å². The number of hydrogen-bond acceptors (Lipinski definition) is 5. The van der Waals surface area contributed by atoms with Gasteiger partial charge in [-0.1, -0.05) is 22.9 Å². The van der Waals surface area contributed by atoms with Crippen LogP contribution in [-0.4, -0.2) is 40.2 Å². The molecule has 2 atom stereocenters. The molecular formula is C13H22BrClO4S. The van der Waals surface area contributed by atoms with Crippen molar-refractivity contribution in [2.45, 2.75) is 50.2 Å². The summed E-state index contributed by atoms with van der Waals surface area (Å²) in [5.74, 6) is -0.400. The molecule has 4 nitrogen and oxygen atoms in total. The summed E-state index contributed by atoms with van der Waals surface area (Å²) in [4.78, 5) is 20.4. The fourth-order valence-electron chi connectivity index (χ4n) is 0.926. The van der Waals surface area contributed by atoms with Crippen LogP contribution in [-0.2, 0) is 19.1 Å². The molecule has 0 aromatic carbocycles. The molecule has 0 radical (unpaired) electrons. The van der Waals surface area contributed by atoms with Gasteiger partial charge in [0.05, 0.1) is 13.7 Å². The van der Waals surface area contributed by atoms with E-state index >= 15 is 0 Å². The quantitative estimate of drug-likeness (QED) is 0.394. The predicted molar refractivity (Wildman–Crippen MR) is 88.8 cm³/mol. The van der Waals surface area contributed by atoms with E-state index in [1.54, 1.807) is 14.0 Å². The smallest absolute Gasteiger partial charge is 0.320 e. The highest BCUT2D eigenvalue weighted by molar-refractivity contribution is 9.10. The van der Waals surface area contributed by atoms with E-state index in [4.69, 9.17) is 28.6 Å². The van der Waals surface area contributed by atoms with E-state index in [1.807, 2.05) is 13.8 Å². The zero-order valence-electron chi connectivity index (χ0n) is 12.5. The molecule has 0 N–H and O–H groups in total. The first-order chi connectivity index (χ1) is 9.12. The number of hydrogen-bond donors (Lipinski definition) is 0. The van der Waals surface area contributed by atoms with Gasteiger partial charge in [0.15, 0.2) is 5.05 Å². The largest absolute Gasteiger partial charge is 0.488 e. The molecule has 0 saturated heterocycles. The summed E-state index contributed by atoms with van der Waals surface area (Å²) in [6.45, 7) is 7.33. The second-order valence-electron chi connectivity index (χ2n) is 4.17. The second-order valence-corrected chi connectivity index (χ2v) is 6.48. The Morgan fingerprint density at radius 2 is 1.90 bits per heavy atom. The summed E-state index contributed by atoms with van der Waals surface area (Å²) in [6, 6.07) is 0. The van der Waals surface area contributed by atoms with Crippen LogP contribution >= 0.6 is 39.7 Å². The molecule has 20 heavy (non-hydrogen) atoms. The highest BCUT2D eigenvalue weighted by Crippen LogP contribution is 2.20. The third-order valence-electron chi connectivity index (χ3n) is 2.28. The molecule has 2 unspecified atom stereocenters. The molecule has 0 aliphatic heterocycles. The summed E-state index contributed by atoms with van der Waals surface area (Å²) in [7, 11) is 1.54. The Bertz CT molecular complexity index is 334. The van der Waals surface area contributed by atoms with Crippen LogP contribution in [0.3, 0.4) is 0 Å². The van der Waals surface area contributed by atoms with Gasteiger partial charge in [0.2, 0.25) is 0 Å². The van der Waals surface area contributed by atoms with Gasteiger partial charge in [-0.25, -0.2) is 0 Å². The van der Waals surface area contributed by atoms with Crippen LogP contribution in [0.2, 0.25) is 0 Å². The van der Waals surface area contributed by atoms with Gasteiger partial charge in [0.1, 0.15) is 15.5 Å². The van der Waals surface area contributed by atoms with Crippen LogP contribution in [0.5, 0.6) is 0 Å². The van der Waals surface area contributed by atoms with E-state index in [9.17, 15) is 9.59 Å². The number of methoxy groups -OCH3 is 1. The van der Waals surface area contributed by atoms with Crippen LogP contribution in [0.15, 0.2) is 0 Å². The molecule has 118 valence electrons. The van der Waals surface area contributed by atoms with E-state index in [-0.39, 0.29) is 18.2 Å². The van der Waals surface area contributed by atoms with Gasteiger partial charge in [-0.3, -0.25) is 9.59 Å². The average molecular weight is 390 g/mol. The summed E-state index contributed by atoms with van der Waals surface area (Å²) >= 11 is 13.8. The molecule has 0 amide bonds. The number of thiocarbonyl (C=S) groups is 1. The molecule has 0 aromatic heterocycles. The van der Waals surface area contributed by atoms with Gasteiger partial charge in [-0.2, -0.15) is 0 Å². The molecule has 0 aromatic rings. The van der Waals surface area contributed by atoms with Crippen molar-refractivity contribution in [1.29, 1.82) is 0 Å². The Morgan fingerprint density at radius 3 is 2.15 bits per heavy atom. The molecule has 0 bridgehead atoms. The van der Waals surface area contributed by atoms with Crippen molar-refractivity contribution in [3.05, 3.63) is 0 Å². The number of ketones is 1. The second kappa shape index (κ2) is 11.5. The molecule has 0 saturated carbocycles. The first-order valence-electron chi connectivity index (χ1n) is 6.19. The molecule has 0 aliphatic rings. The van der Waals surface area contributed by atoms with Crippen molar-refractivity contribution < 1.29 is 19.1 Å². The summed E-state index contributed by atoms with van der Waals surface area (Å²) in [5.41, 5.74) is 0. The number of esters is 1. The van der Waals surface area contributed by atoms with Crippen molar-refractivity contribution in [1.82, 2.24) is 0 Å². The van der Waals surface area contributed by atoms with Crippen molar-refractivity contribution in [2.75, 3.05) is 13.7 Å². The lowest BCUT2D eigenvalue weighted by atomic mass is 10.1. The predicted octanol–water partition coefficient (Wildman–Crippen LogP) is 3.66. The van der Waals surface area contributed by atoms with Crippen LogP contribution < -0.4 is 0 Å². The number of rotatable bonds is 6. The molecular weight excluding hydrogens is 368 g/mol. The Kier molecular flexibility index (Phi) is 12.7. The monoisotopic (exact) mass is 388 g/mol. The fraction of sp³-hybridized carbons (Fsp3) is 0.769. The first-order valence-corrected chi connectivity index (χ1v) is 7.89. The van der Waals surface area contributed by atoms with Crippen molar-refractivity contribution in [2.24, 2.45) is 0 Å². The van der Waals surface area contributed by atoms with Crippen molar-refractivity contribution >= 4 is 56.6 Å². The maximum absolute atomic E-state index is 10.9.